The molecular formula is C12H22N4O. The molecule has 0 aliphatic rings. The molecule has 0 fully saturated rings. The summed E-state index contributed by atoms with van der Waals surface area (Å²) in [6.07, 6.45) is 2.81. The predicted molar refractivity (Wildman–Crippen MR) is 67.2 cm³/mol. The number of carbonyl (C=O) groups excluding carboxylic acids is 1. The smallest absolute Gasteiger partial charge is 0.237 e. The van der Waals surface area contributed by atoms with Crippen molar-refractivity contribution in [3.63, 3.8) is 0 Å². The first-order valence-corrected chi connectivity index (χ1v) is 5.98. The second-order valence-corrected chi connectivity index (χ2v) is 4.54. The van der Waals surface area contributed by atoms with Crippen LogP contribution in [0, 0.1) is 12.8 Å². The second-order valence-electron chi connectivity index (χ2n) is 4.54. The van der Waals surface area contributed by atoms with Gasteiger partial charge in [0.05, 0.1) is 11.7 Å². The van der Waals surface area contributed by atoms with Crippen LogP contribution in [0.4, 0.5) is 0 Å². The summed E-state index contributed by atoms with van der Waals surface area (Å²) in [4.78, 5) is 11.8. The Morgan fingerprint density at radius 2 is 2.29 bits per heavy atom. The molecule has 0 bridgehead atoms. The highest BCUT2D eigenvalue weighted by molar-refractivity contribution is 5.81. The Balaban J connectivity index is 2.51. The van der Waals surface area contributed by atoms with Crippen molar-refractivity contribution in [2.45, 2.75) is 39.8 Å². The number of amides is 1. The number of hydrogen-bond acceptors (Lipinski definition) is 3. The fraction of sp³-hybridized carbons (Fsp3) is 0.667. The number of hydrogen-bond donors (Lipinski definition) is 2. The van der Waals surface area contributed by atoms with Crippen molar-refractivity contribution in [1.29, 1.82) is 0 Å². The maximum atomic E-state index is 11.8. The van der Waals surface area contributed by atoms with E-state index in [-0.39, 0.29) is 11.8 Å². The number of aromatic nitrogens is 2. The highest BCUT2D eigenvalue weighted by atomic mass is 16.2. The Labute approximate surface area is 102 Å². The topological polar surface area (TPSA) is 72.9 Å². The second kappa shape index (κ2) is 5.82. The lowest BCUT2D eigenvalue weighted by Gasteiger charge is -2.17. The molecule has 5 heteroatoms. The van der Waals surface area contributed by atoms with Crippen LogP contribution in [0.1, 0.15) is 31.5 Å². The van der Waals surface area contributed by atoms with Crippen LogP contribution in [0.2, 0.25) is 0 Å². The fourth-order valence-electron chi connectivity index (χ4n) is 1.63. The van der Waals surface area contributed by atoms with Gasteiger partial charge in [0.25, 0.3) is 0 Å². The summed E-state index contributed by atoms with van der Waals surface area (Å²) < 4.78 is 1.74. The molecule has 0 aliphatic carbocycles. The summed E-state index contributed by atoms with van der Waals surface area (Å²) in [7, 11) is 1.86. The number of carbonyl (C=O) groups is 1. The van der Waals surface area contributed by atoms with Crippen LogP contribution in [-0.2, 0) is 18.4 Å². The molecule has 1 aromatic heterocycles. The normalized spacial score (nSPS) is 14.4. The molecule has 1 heterocycles. The van der Waals surface area contributed by atoms with Crippen molar-refractivity contribution in [1.82, 2.24) is 15.1 Å². The molecule has 1 amide bonds. The molecule has 0 saturated carbocycles. The number of nitrogens with two attached hydrogens (primary N) is 1. The average molecular weight is 238 g/mol. The van der Waals surface area contributed by atoms with E-state index in [0.717, 1.165) is 17.7 Å². The van der Waals surface area contributed by atoms with Gasteiger partial charge in [0.2, 0.25) is 5.91 Å². The molecule has 1 aromatic rings. The molecule has 0 aliphatic heterocycles. The van der Waals surface area contributed by atoms with Gasteiger partial charge in [-0.15, -0.1) is 0 Å². The first-order chi connectivity index (χ1) is 7.95. The number of nitrogens with one attached hydrogen (secondary N) is 1. The molecule has 2 unspecified atom stereocenters. The van der Waals surface area contributed by atoms with Gasteiger partial charge in [-0.3, -0.25) is 9.48 Å². The van der Waals surface area contributed by atoms with E-state index in [2.05, 4.69) is 10.4 Å². The third-order valence-corrected chi connectivity index (χ3v) is 3.13. The predicted octanol–water partition coefficient (Wildman–Crippen LogP) is 0.718. The van der Waals surface area contributed by atoms with Crippen molar-refractivity contribution >= 4 is 5.91 Å². The monoisotopic (exact) mass is 238 g/mol. The third-order valence-electron chi connectivity index (χ3n) is 3.13. The summed E-state index contributed by atoms with van der Waals surface area (Å²) in [5.74, 6) is 0.104. The van der Waals surface area contributed by atoms with E-state index in [4.69, 9.17) is 5.73 Å². The van der Waals surface area contributed by atoms with E-state index in [9.17, 15) is 4.79 Å². The fourth-order valence-corrected chi connectivity index (χ4v) is 1.63. The highest BCUT2D eigenvalue weighted by Crippen LogP contribution is 2.07. The minimum absolute atomic E-state index is 0.0948. The summed E-state index contributed by atoms with van der Waals surface area (Å²) in [5.41, 5.74) is 7.81. The molecule has 1 rings (SSSR count). The number of rotatable bonds is 5. The number of aryl methyl sites for hydroxylation is 2. The van der Waals surface area contributed by atoms with Crippen molar-refractivity contribution in [2.75, 3.05) is 0 Å². The minimum Gasteiger partial charge on any atom is -0.351 e. The Hall–Kier alpha value is -1.36. The summed E-state index contributed by atoms with van der Waals surface area (Å²) in [5, 5.41) is 7.07. The summed E-state index contributed by atoms with van der Waals surface area (Å²) in [6, 6.07) is -0.433. The van der Waals surface area contributed by atoms with Gasteiger partial charge in [0.1, 0.15) is 0 Å². The zero-order valence-corrected chi connectivity index (χ0v) is 11.0. The van der Waals surface area contributed by atoms with Crippen LogP contribution in [-0.4, -0.2) is 21.7 Å². The third kappa shape index (κ3) is 3.56. The van der Waals surface area contributed by atoms with Crippen LogP contribution < -0.4 is 11.1 Å². The van der Waals surface area contributed by atoms with Gasteiger partial charge in [-0.2, -0.15) is 5.10 Å². The van der Waals surface area contributed by atoms with Crippen molar-refractivity contribution < 1.29 is 4.79 Å². The Morgan fingerprint density at radius 1 is 1.65 bits per heavy atom. The summed E-state index contributed by atoms with van der Waals surface area (Å²) in [6.45, 7) is 6.43. The van der Waals surface area contributed by atoms with Gasteiger partial charge in [-0.05, 0) is 12.8 Å². The van der Waals surface area contributed by atoms with E-state index in [1.807, 2.05) is 34.0 Å². The molecule has 0 spiro atoms. The van der Waals surface area contributed by atoms with E-state index in [0.29, 0.717) is 6.54 Å². The van der Waals surface area contributed by atoms with E-state index in [1.54, 1.807) is 4.68 Å². The highest BCUT2D eigenvalue weighted by Gasteiger charge is 2.19. The van der Waals surface area contributed by atoms with Gasteiger partial charge in [0, 0.05) is 25.4 Å². The van der Waals surface area contributed by atoms with Crippen molar-refractivity contribution in [3.8, 4) is 0 Å². The van der Waals surface area contributed by atoms with E-state index in [1.165, 1.54) is 0 Å². The average Bonchev–Trinajstić information content (AvgIpc) is 2.62. The van der Waals surface area contributed by atoms with Gasteiger partial charge >= 0.3 is 0 Å². The molecule has 0 saturated heterocycles. The SMILES string of the molecule is CCC(C)C(N)C(=O)NCc1cn(C)nc1C. The van der Waals surface area contributed by atoms with Crippen LogP contribution in [0.15, 0.2) is 6.20 Å². The molecule has 5 nitrogen and oxygen atoms in total. The van der Waals surface area contributed by atoms with Gasteiger partial charge in [-0.1, -0.05) is 20.3 Å². The largest absolute Gasteiger partial charge is 0.351 e. The van der Waals surface area contributed by atoms with Gasteiger partial charge in [-0.25, -0.2) is 0 Å². The molecule has 2 atom stereocenters. The molecular weight excluding hydrogens is 216 g/mol. The van der Waals surface area contributed by atoms with Gasteiger partial charge < -0.3 is 11.1 Å². The maximum absolute atomic E-state index is 11.8. The molecule has 17 heavy (non-hydrogen) atoms. The first-order valence-electron chi connectivity index (χ1n) is 5.98. The van der Waals surface area contributed by atoms with Gasteiger partial charge in [0.15, 0.2) is 0 Å². The molecule has 96 valence electrons. The van der Waals surface area contributed by atoms with Crippen LogP contribution in [0.3, 0.4) is 0 Å². The summed E-state index contributed by atoms with van der Waals surface area (Å²) >= 11 is 0. The quantitative estimate of drug-likeness (QED) is 0.794. The van der Waals surface area contributed by atoms with Crippen LogP contribution in [0.25, 0.3) is 0 Å². The van der Waals surface area contributed by atoms with E-state index < -0.39 is 6.04 Å². The number of nitrogens with zero attached hydrogens (tertiary/aromatic N) is 2. The Bertz CT molecular complexity index is 386. The van der Waals surface area contributed by atoms with Crippen LogP contribution in [0.5, 0.6) is 0 Å². The zero-order valence-electron chi connectivity index (χ0n) is 11.0. The molecule has 0 aromatic carbocycles. The van der Waals surface area contributed by atoms with Crippen molar-refractivity contribution in [2.24, 2.45) is 18.7 Å². The first kappa shape index (κ1) is 13.7. The Kier molecular flexibility index (Phi) is 4.69. The van der Waals surface area contributed by atoms with E-state index >= 15 is 0 Å². The molecule has 3 N–H and O–H groups in total. The lowest BCUT2D eigenvalue weighted by atomic mass is 9.99. The standard InChI is InChI=1S/C12H22N4O/c1-5-8(2)11(13)12(17)14-6-10-7-16(4)15-9(10)3/h7-8,11H,5-6,13H2,1-4H3,(H,14,17). The molecule has 0 radical (unpaired) electrons. The Morgan fingerprint density at radius 3 is 2.76 bits per heavy atom. The van der Waals surface area contributed by atoms with Crippen LogP contribution >= 0.6 is 0 Å². The minimum atomic E-state index is -0.433. The van der Waals surface area contributed by atoms with Crippen molar-refractivity contribution in [3.05, 3.63) is 17.5 Å². The lowest BCUT2D eigenvalue weighted by Crippen LogP contribution is -2.44. The maximum Gasteiger partial charge on any atom is 0.237 e. The lowest BCUT2D eigenvalue weighted by molar-refractivity contribution is -0.123. The zero-order chi connectivity index (χ0) is 13.0.